The maximum Gasteiger partial charge on any atom is 0.312 e. The van der Waals surface area contributed by atoms with Gasteiger partial charge in [-0.15, -0.1) is 11.3 Å². The Hall–Kier alpha value is -3.72. The first-order valence-electron chi connectivity index (χ1n) is 9.55. The maximum atomic E-state index is 13.4. The lowest BCUT2D eigenvalue weighted by Crippen LogP contribution is -2.35. The van der Waals surface area contributed by atoms with Gasteiger partial charge in [0.15, 0.2) is 4.96 Å². The number of imidazole rings is 1. The van der Waals surface area contributed by atoms with Crippen molar-refractivity contribution in [1.82, 2.24) is 14.7 Å². The summed E-state index contributed by atoms with van der Waals surface area (Å²) in [4.78, 5) is 29.8. The molecular weight excluding hydrogens is 417 g/mol. The summed E-state index contributed by atoms with van der Waals surface area (Å²) >= 11 is 1.42. The van der Waals surface area contributed by atoms with Crippen molar-refractivity contribution in [1.29, 1.82) is 0 Å². The van der Waals surface area contributed by atoms with E-state index in [0.717, 1.165) is 11.1 Å². The van der Waals surface area contributed by atoms with E-state index in [2.05, 4.69) is 15.6 Å². The Bertz CT molecular complexity index is 1250. The fraction of sp³-hybridized carbons (Fsp3) is 0.136. The molecule has 0 bridgehead atoms. The summed E-state index contributed by atoms with van der Waals surface area (Å²) in [6.07, 6.45) is 1.78. The van der Waals surface area contributed by atoms with E-state index in [-0.39, 0.29) is 18.1 Å². The van der Waals surface area contributed by atoms with Crippen molar-refractivity contribution in [2.45, 2.75) is 19.4 Å². The zero-order valence-corrected chi connectivity index (χ0v) is 17.4. The number of hydrogen-bond donors (Lipinski definition) is 3. The molecule has 4 aromatic rings. The number of nitrogens with one attached hydrogen (secondary N) is 2. The normalized spacial score (nSPS) is 11.9. The highest BCUT2D eigenvalue weighted by molar-refractivity contribution is 7.15. The Labute approximate surface area is 181 Å². The molecule has 0 saturated heterocycles. The first kappa shape index (κ1) is 20.5. The highest BCUT2D eigenvalue weighted by atomic mass is 32.1. The van der Waals surface area contributed by atoms with Gasteiger partial charge in [-0.25, -0.2) is 14.2 Å². The number of aryl methyl sites for hydroxylation is 1. The molecular formula is C22H20FN5O2S. The third-order valence-electron chi connectivity index (χ3n) is 4.91. The van der Waals surface area contributed by atoms with Gasteiger partial charge in [0, 0.05) is 17.1 Å². The molecule has 1 atom stereocenters. The molecule has 4 N–H and O–H groups in total. The van der Waals surface area contributed by atoms with E-state index in [1.807, 2.05) is 36.6 Å². The number of carbonyl (C=O) groups is 2. The van der Waals surface area contributed by atoms with Crippen molar-refractivity contribution >= 4 is 34.1 Å². The van der Waals surface area contributed by atoms with Crippen molar-refractivity contribution in [3.8, 4) is 11.3 Å². The number of thiazole rings is 1. The minimum Gasteiger partial charge on any atom is -0.352 e. The van der Waals surface area contributed by atoms with Crippen molar-refractivity contribution in [2.24, 2.45) is 5.73 Å². The highest BCUT2D eigenvalue weighted by Gasteiger charge is 2.22. The minimum absolute atomic E-state index is 0.0198. The number of nitrogens with two attached hydrogens (primary N) is 1. The van der Waals surface area contributed by atoms with Gasteiger partial charge in [-0.3, -0.25) is 9.20 Å². The van der Waals surface area contributed by atoms with Crippen molar-refractivity contribution in [3.63, 3.8) is 0 Å². The van der Waals surface area contributed by atoms with Gasteiger partial charge in [0.25, 0.3) is 0 Å². The predicted octanol–water partition coefficient (Wildman–Crippen LogP) is 4.25. The van der Waals surface area contributed by atoms with Crippen molar-refractivity contribution in [2.75, 3.05) is 5.32 Å². The van der Waals surface area contributed by atoms with Crippen molar-refractivity contribution < 1.29 is 14.0 Å². The second-order valence-corrected chi connectivity index (χ2v) is 7.91. The molecule has 31 heavy (non-hydrogen) atoms. The van der Waals surface area contributed by atoms with Crippen LogP contribution in [0.4, 0.5) is 15.0 Å². The number of aromatic nitrogens is 2. The van der Waals surface area contributed by atoms with E-state index in [1.165, 1.54) is 23.5 Å². The van der Waals surface area contributed by atoms with E-state index in [4.69, 9.17) is 5.73 Å². The highest BCUT2D eigenvalue weighted by Crippen LogP contribution is 2.31. The average Bonchev–Trinajstić information content (AvgIpc) is 3.31. The Morgan fingerprint density at radius 2 is 1.94 bits per heavy atom. The second-order valence-electron chi connectivity index (χ2n) is 7.04. The van der Waals surface area contributed by atoms with Crippen LogP contribution in [-0.4, -0.2) is 21.3 Å². The third kappa shape index (κ3) is 4.41. The van der Waals surface area contributed by atoms with Crippen LogP contribution in [0.5, 0.6) is 0 Å². The van der Waals surface area contributed by atoms with Crippen LogP contribution < -0.4 is 16.4 Å². The van der Waals surface area contributed by atoms with Gasteiger partial charge in [0.2, 0.25) is 5.91 Å². The average molecular weight is 438 g/mol. The van der Waals surface area contributed by atoms with Crippen LogP contribution in [0, 0.1) is 12.7 Å². The molecule has 7 nitrogen and oxygen atoms in total. The summed E-state index contributed by atoms with van der Waals surface area (Å²) in [7, 11) is 0. The summed E-state index contributed by atoms with van der Waals surface area (Å²) < 4.78 is 15.1. The SMILES string of the molecule is Cc1ccccc1C(CC(=O)Nc1c(-c2ccc(F)cc2)nc2sccn12)NC(N)=O. The molecule has 9 heteroatoms. The third-order valence-corrected chi connectivity index (χ3v) is 5.66. The molecule has 0 radical (unpaired) electrons. The van der Waals surface area contributed by atoms with E-state index < -0.39 is 12.1 Å². The molecule has 0 saturated carbocycles. The minimum atomic E-state index is -0.711. The smallest absolute Gasteiger partial charge is 0.312 e. The molecule has 1 unspecified atom stereocenters. The van der Waals surface area contributed by atoms with E-state index in [0.29, 0.717) is 22.0 Å². The van der Waals surface area contributed by atoms with Gasteiger partial charge in [0.05, 0.1) is 12.5 Å². The summed E-state index contributed by atoms with van der Waals surface area (Å²) in [5, 5.41) is 7.41. The summed E-state index contributed by atoms with van der Waals surface area (Å²) in [6.45, 7) is 1.90. The number of carbonyl (C=O) groups excluding carboxylic acids is 2. The fourth-order valence-corrected chi connectivity index (χ4v) is 4.18. The molecule has 0 aliphatic rings. The van der Waals surface area contributed by atoms with E-state index >= 15 is 0 Å². The van der Waals surface area contributed by atoms with Crippen LogP contribution in [0.25, 0.3) is 16.2 Å². The fourth-order valence-electron chi connectivity index (χ4n) is 3.47. The number of fused-ring (bicyclic) bond motifs is 1. The molecule has 2 aromatic carbocycles. The van der Waals surface area contributed by atoms with Gasteiger partial charge < -0.3 is 16.4 Å². The Morgan fingerprint density at radius 3 is 2.65 bits per heavy atom. The number of hydrogen-bond acceptors (Lipinski definition) is 4. The number of benzene rings is 2. The van der Waals surface area contributed by atoms with Gasteiger partial charge >= 0.3 is 6.03 Å². The molecule has 4 rings (SSSR count). The van der Waals surface area contributed by atoms with Gasteiger partial charge in [-0.05, 0) is 42.3 Å². The summed E-state index contributed by atoms with van der Waals surface area (Å²) in [5.74, 6) is -0.192. The standard InChI is InChI=1S/C22H20FN5O2S/c1-13-4-2-3-5-16(13)17(25-21(24)30)12-18(29)26-20-19(14-6-8-15(23)9-7-14)27-22-28(20)10-11-31-22/h2-11,17H,12H2,1H3,(H,26,29)(H3,24,25,30). The lowest BCUT2D eigenvalue weighted by atomic mass is 9.98. The Kier molecular flexibility index (Phi) is 5.68. The van der Waals surface area contributed by atoms with E-state index in [9.17, 15) is 14.0 Å². The number of nitrogens with zero attached hydrogens (tertiary/aromatic N) is 2. The van der Waals surface area contributed by atoms with Crippen molar-refractivity contribution in [3.05, 3.63) is 77.1 Å². The van der Waals surface area contributed by atoms with Crippen LogP contribution >= 0.6 is 11.3 Å². The number of amides is 3. The first-order chi connectivity index (χ1) is 14.9. The molecule has 2 aromatic heterocycles. The lowest BCUT2D eigenvalue weighted by Gasteiger charge is -2.19. The maximum absolute atomic E-state index is 13.4. The van der Waals surface area contributed by atoms with Crippen LogP contribution in [0.3, 0.4) is 0 Å². The molecule has 0 aliphatic heterocycles. The van der Waals surface area contributed by atoms with Gasteiger partial charge in [0.1, 0.15) is 17.3 Å². The van der Waals surface area contributed by atoms with Crippen LogP contribution in [0.2, 0.25) is 0 Å². The zero-order valence-electron chi connectivity index (χ0n) is 16.6. The molecule has 0 aliphatic carbocycles. The number of urea groups is 1. The number of anilines is 1. The number of primary amides is 1. The second kappa shape index (κ2) is 8.57. The zero-order chi connectivity index (χ0) is 22.0. The topological polar surface area (TPSA) is 102 Å². The molecule has 158 valence electrons. The van der Waals surface area contributed by atoms with Gasteiger partial charge in [-0.1, -0.05) is 24.3 Å². The van der Waals surface area contributed by atoms with Crippen LogP contribution in [0.1, 0.15) is 23.6 Å². The monoisotopic (exact) mass is 437 g/mol. The molecule has 0 fully saturated rings. The molecule has 3 amide bonds. The first-order valence-corrected chi connectivity index (χ1v) is 10.4. The van der Waals surface area contributed by atoms with Crippen LogP contribution in [0.15, 0.2) is 60.1 Å². The summed E-state index contributed by atoms with van der Waals surface area (Å²) in [6, 6.07) is 12.1. The lowest BCUT2D eigenvalue weighted by molar-refractivity contribution is -0.116. The molecule has 0 spiro atoms. The van der Waals surface area contributed by atoms with Gasteiger partial charge in [-0.2, -0.15) is 0 Å². The predicted molar refractivity (Wildman–Crippen MR) is 118 cm³/mol. The summed E-state index contributed by atoms with van der Waals surface area (Å²) in [5.41, 5.74) is 8.30. The number of halogens is 1. The Morgan fingerprint density at radius 1 is 1.19 bits per heavy atom. The molecule has 2 heterocycles. The van der Waals surface area contributed by atoms with E-state index in [1.54, 1.807) is 22.7 Å². The quantitative estimate of drug-likeness (QED) is 0.420. The Balaban J connectivity index is 1.64. The largest absolute Gasteiger partial charge is 0.352 e. The van der Waals surface area contributed by atoms with Crippen LogP contribution in [-0.2, 0) is 4.79 Å². The number of rotatable bonds is 6.